The molecule has 0 aliphatic rings. The predicted molar refractivity (Wildman–Crippen MR) is 51.8 cm³/mol. The van der Waals surface area contributed by atoms with Crippen molar-refractivity contribution in [2.24, 2.45) is 5.73 Å². The van der Waals surface area contributed by atoms with Gasteiger partial charge in [-0.1, -0.05) is 28.1 Å². The van der Waals surface area contributed by atoms with Gasteiger partial charge in [0, 0.05) is 4.47 Å². The maximum absolute atomic E-state index is 12.2. The van der Waals surface area contributed by atoms with E-state index in [9.17, 15) is 8.78 Å². The second-order valence-electron chi connectivity index (χ2n) is 2.89. The Balaban J connectivity index is 3.01. The second-order valence-corrected chi connectivity index (χ2v) is 3.74. The molecule has 0 heterocycles. The van der Waals surface area contributed by atoms with Crippen LogP contribution >= 0.6 is 15.9 Å². The Kier molecular flexibility index (Phi) is 3.39. The monoisotopic (exact) mass is 249 g/mol. The average Bonchev–Trinajstić information content (AvgIpc) is 2.03. The highest BCUT2D eigenvalue weighted by atomic mass is 79.9. The summed E-state index contributed by atoms with van der Waals surface area (Å²) in [5.41, 5.74) is 6.76. The molecule has 1 rings (SSSR count). The minimum atomic E-state index is -2.53. The lowest BCUT2D eigenvalue weighted by atomic mass is 10.1. The first-order valence-electron chi connectivity index (χ1n) is 3.82. The largest absolute Gasteiger partial charge is 0.319 e. The van der Waals surface area contributed by atoms with Gasteiger partial charge in [0.2, 0.25) is 0 Å². The molecule has 0 bridgehead atoms. The molecule has 72 valence electrons. The van der Waals surface area contributed by atoms with Gasteiger partial charge in [-0.15, -0.1) is 0 Å². The second kappa shape index (κ2) is 4.15. The normalized spacial score (nSPS) is 13.4. The summed E-state index contributed by atoms with van der Waals surface area (Å²) in [7, 11) is 0. The van der Waals surface area contributed by atoms with Crippen LogP contribution < -0.4 is 5.73 Å². The van der Waals surface area contributed by atoms with Crippen LogP contribution in [0.3, 0.4) is 0 Å². The van der Waals surface area contributed by atoms with Crippen LogP contribution in [0.1, 0.15) is 17.2 Å². The highest BCUT2D eigenvalue weighted by molar-refractivity contribution is 9.10. The maximum Gasteiger partial charge on any atom is 0.257 e. The molecule has 0 fully saturated rings. The van der Waals surface area contributed by atoms with E-state index in [0.29, 0.717) is 10.0 Å². The number of hydrogen-bond donors (Lipinski definition) is 1. The van der Waals surface area contributed by atoms with Gasteiger partial charge in [0.05, 0.1) is 6.04 Å². The molecule has 0 saturated carbocycles. The summed E-state index contributed by atoms with van der Waals surface area (Å²) in [6, 6.07) is 3.95. The summed E-state index contributed by atoms with van der Waals surface area (Å²) < 4.78 is 25.1. The lowest BCUT2D eigenvalue weighted by Crippen LogP contribution is -2.19. The lowest BCUT2D eigenvalue weighted by Gasteiger charge is -2.12. The zero-order valence-corrected chi connectivity index (χ0v) is 8.68. The fourth-order valence-electron chi connectivity index (χ4n) is 1.04. The number of halogens is 3. The molecule has 0 saturated heterocycles. The van der Waals surface area contributed by atoms with Crippen molar-refractivity contribution in [1.82, 2.24) is 0 Å². The average molecular weight is 250 g/mol. The maximum atomic E-state index is 12.2. The van der Waals surface area contributed by atoms with Gasteiger partial charge in [0.25, 0.3) is 6.43 Å². The third kappa shape index (κ3) is 2.48. The minimum absolute atomic E-state index is 0.445. The number of aryl methyl sites for hydroxylation is 1. The molecule has 13 heavy (non-hydrogen) atoms. The van der Waals surface area contributed by atoms with Crippen LogP contribution in [0.25, 0.3) is 0 Å². The lowest BCUT2D eigenvalue weighted by molar-refractivity contribution is 0.116. The molecule has 0 spiro atoms. The van der Waals surface area contributed by atoms with Gasteiger partial charge < -0.3 is 5.73 Å². The van der Waals surface area contributed by atoms with Crippen molar-refractivity contribution in [2.75, 3.05) is 0 Å². The SMILES string of the molecule is Cc1ccc([C@@H](N)C(F)F)c(Br)c1. The van der Waals surface area contributed by atoms with E-state index in [4.69, 9.17) is 5.73 Å². The van der Waals surface area contributed by atoms with Gasteiger partial charge in [-0.05, 0) is 24.1 Å². The van der Waals surface area contributed by atoms with Gasteiger partial charge in [-0.3, -0.25) is 0 Å². The van der Waals surface area contributed by atoms with Crippen molar-refractivity contribution in [1.29, 1.82) is 0 Å². The Morgan fingerprint density at radius 1 is 1.38 bits per heavy atom. The molecule has 0 aliphatic heterocycles. The summed E-state index contributed by atoms with van der Waals surface area (Å²) >= 11 is 3.20. The Morgan fingerprint density at radius 3 is 2.46 bits per heavy atom. The van der Waals surface area contributed by atoms with E-state index in [0.717, 1.165) is 5.56 Å². The standard InChI is InChI=1S/C9H10BrF2N/c1-5-2-3-6(7(10)4-5)8(13)9(11)12/h2-4,8-9H,13H2,1H3/t8-/m1/s1. The first-order valence-corrected chi connectivity index (χ1v) is 4.61. The molecule has 0 unspecified atom stereocenters. The van der Waals surface area contributed by atoms with Gasteiger partial charge in [-0.25, -0.2) is 8.78 Å². The van der Waals surface area contributed by atoms with E-state index >= 15 is 0 Å². The van der Waals surface area contributed by atoms with E-state index in [-0.39, 0.29) is 0 Å². The fraction of sp³-hybridized carbons (Fsp3) is 0.333. The van der Waals surface area contributed by atoms with Gasteiger partial charge >= 0.3 is 0 Å². The van der Waals surface area contributed by atoms with Crippen LogP contribution in [0.15, 0.2) is 22.7 Å². The van der Waals surface area contributed by atoms with E-state index in [1.165, 1.54) is 0 Å². The summed E-state index contributed by atoms with van der Waals surface area (Å²) in [5, 5.41) is 0. The zero-order chi connectivity index (χ0) is 10.0. The first-order chi connectivity index (χ1) is 6.02. The van der Waals surface area contributed by atoms with E-state index in [1.807, 2.05) is 6.92 Å². The van der Waals surface area contributed by atoms with Gasteiger partial charge in [0.15, 0.2) is 0 Å². The Labute approximate surface area is 84.1 Å². The molecule has 2 N–H and O–H groups in total. The molecule has 4 heteroatoms. The van der Waals surface area contributed by atoms with Crippen LogP contribution in [0.2, 0.25) is 0 Å². The number of nitrogens with two attached hydrogens (primary N) is 1. The first kappa shape index (κ1) is 10.6. The zero-order valence-electron chi connectivity index (χ0n) is 7.10. The van der Waals surface area contributed by atoms with Crippen molar-refractivity contribution in [3.05, 3.63) is 33.8 Å². The van der Waals surface area contributed by atoms with Crippen molar-refractivity contribution in [3.63, 3.8) is 0 Å². The van der Waals surface area contributed by atoms with Crippen LogP contribution in [-0.2, 0) is 0 Å². The third-order valence-corrected chi connectivity index (χ3v) is 2.47. The third-order valence-electron chi connectivity index (χ3n) is 1.79. The molecule has 1 nitrogen and oxygen atoms in total. The molecule has 0 aliphatic carbocycles. The number of alkyl halides is 2. The Hall–Kier alpha value is -0.480. The summed E-state index contributed by atoms with van der Waals surface area (Å²) in [6.45, 7) is 1.89. The molecule has 0 aromatic heterocycles. The molecule has 0 radical (unpaired) electrons. The summed E-state index contributed by atoms with van der Waals surface area (Å²) in [4.78, 5) is 0. The molecular formula is C9H10BrF2N. The predicted octanol–water partition coefficient (Wildman–Crippen LogP) is 3.02. The highest BCUT2D eigenvalue weighted by Crippen LogP contribution is 2.26. The number of rotatable bonds is 2. The molecular weight excluding hydrogens is 240 g/mol. The molecule has 0 amide bonds. The van der Waals surface area contributed by atoms with Crippen molar-refractivity contribution in [3.8, 4) is 0 Å². The van der Waals surface area contributed by atoms with E-state index in [1.54, 1.807) is 18.2 Å². The Morgan fingerprint density at radius 2 is 2.00 bits per heavy atom. The van der Waals surface area contributed by atoms with Crippen molar-refractivity contribution < 1.29 is 8.78 Å². The van der Waals surface area contributed by atoms with E-state index in [2.05, 4.69) is 15.9 Å². The van der Waals surface area contributed by atoms with Crippen LogP contribution in [0, 0.1) is 6.92 Å². The quantitative estimate of drug-likeness (QED) is 0.857. The van der Waals surface area contributed by atoms with Crippen LogP contribution in [0.5, 0.6) is 0 Å². The van der Waals surface area contributed by atoms with Gasteiger partial charge in [0.1, 0.15) is 0 Å². The number of benzene rings is 1. The fourth-order valence-corrected chi connectivity index (χ4v) is 1.80. The molecule has 1 atom stereocenters. The van der Waals surface area contributed by atoms with Crippen LogP contribution in [-0.4, -0.2) is 6.43 Å². The minimum Gasteiger partial charge on any atom is -0.319 e. The highest BCUT2D eigenvalue weighted by Gasteiger charge is 2.19. The van der Waals surface area contributed by atoms with E-state index < -0.39 is 12.5 Å². The van der Waals surface area contributed by atoms with Crippen molar-refractivity contribution in [2.45, 2.75) is 19.4 Å². The van der Waals surface area contributed by atoms with Crippen molar-refractivity contribution >= 4 is 15.9 Å². The Bertz CT molecular complexity index is 302. The molecule has 1 aromatic rings. The van der Waals surface area contributed by atoms with Gasteiger partial charge in [-0.2, -0.15) is 0 Å². The summed E-state index contributed by atoms with van der Waals surface area (Å²) in [5.74, 6) is 0. The van der Waals surface area contributed by atoms with Crippen LogP contribution in [0.4, 0.5) is 8.78 Å². The smallest absolute Gasteiger partial charge is 0.257 e. The summed E-state index contributed by atoms with van der Waals surface area (Å²) in [6.07, 6.45) is -2.53. The number of hydrogen-bond acceptors (Lipinski definition) is 1. The molecule has 1 aromatic carbocycles. The topological polar surface area (TPSA) is 26.0 Å².